The number of fused-ring (bicyclic) bond motifs is 1. The van der Waals surface area contributed by atoms with Crippen molar-refractivity contribution in [2.75, 3.05) is 20.8 Å². The van der Waals surface area contributed by atoms with Crippen molar-refractivity contribution in [1.82, 2.24) is 10.2 Å². The molecule has 7 nitrogen and oxygen atoms in total. The first-order chi connectivity index (χ1) is 12.4. The summed E-state index contributed by atoms with van der Waals surface area (Å²) < 4.78 is 10.8. The summed E-state index contributed by atoms with van der Waals surface area (Å²) in [5.74, 6) is -2.06. The number of hydrogen-bond acceptors (Lipinski definition) is 6. The summed E-state index contributed by atoms with van der Waals surface area (Å²) in [7, 11) is 2.73. The van der Waals surface area contributed by atoms with Gasteiger partial charge in [0.1, 0.15) is 11.3 Å². The van der Waals surface area contributed by atoms with Crippen LogP contribution >= 0.6 is 0 Å². The highest BCUT2D eigenvalue weighted by molar-refractivity contribution is 6.09. The van der Waals surface area contributed by atoms with Crippen LogP contribution in [0.4, 0.5) is 0 Å². The molecule has 0 saturated carbocycles. The number of nitrogens with zero attached hydrogens (tertiary/aromatic N) is 1. The Kier molecular flexibility index (Phi) is 4.75. The van der Waals surface area contributed by atoms with E-state index in [0.717, 1.165) is 16.9 Å². The standard InChI is InChI=1S/C19H24N2O5/c1-5-10-26-12-9-7-6-8-11(12)15-13-14(17(23)21(3)16(13)22)19(2,20-15)18(24)25-4/h6-9,13-15,20H,5,10H2,1-4H3/t13-,14-,15-,19-/m0/s1. The summed E-state index contributed by atoms with van der Waals surface area (Å²) in [5.41, 5.74) is -0.514. The van der Waals surface area contributed by atoms with Crippen LogP contribution in [0.25, 0.3) is 0 Å². The van der Waals surface area contributed by atoms with Gasteiger partial charge in [-0.3, -0.25) is 24.6 Å². The fraction of sp³-hybridized carbons (Fsp3) is 0.526. The van der Waals surface area contributed by atoms with E-state index < -0.39 is 29.4 Å². The van der Waals surface area contributed by atoms with Crippen molar-refractivity contribution in [3.63, 3.8) is 0 Å². The van der Waals surface area contributed by atoms with Gasteiger partial charge in [0.15, 0.2) is 0 Å². The zero-order valence-electron chi connectivity index (χ0n) is 15.4. The maximum atomic E-state index is 12.8. The van der Waals surface area contributed by atoms with Gasteiger partial charge in [-0.2, -0.15) is 0 Å². The molecular weight excluding hydrogens is 336 g/mol. The Morgan fingerprint density at radius 1 is 1.27 bits per heavy atom. The predicted molar refractivity (Wildman–Crippen MR) is 93.3 cm³/mol. The normalized spacial score (nSPS) is 30.5. The fourth-order valence-corrected chi connectivity index (χ4v) is 4.03. The summed E-state index contributed by atoms with van der Waals surface area (Å²) in [4.78, 5) is 39.1. The van der Waals surface area contributed by atoms with Crippen LogP contribution < -0.4 is 10.1 Å². The van der Waals surface area contributed by atoms with Crippen molar-refractivity contribution >= 4 is 17.8 Å². The van der Waals surface area contributed by atoms with Crippen LogP contribution in [0.2, 0.25) is 0 Å². The molecule has 0 aromatic heterocycles. The third-order valence-electron chi connectivity index (χ3n) is 5.33. The molecule has 2 amide bonds. The molecule has 2 aliphatic heterocycles. The molecule has 26 heavy (non-hydrogen) atoms. The summed E-state index contributed by atoms with van der Waals surface area (Å²) in [6, 6.07) is 6.88. The Bertz CT molecular complexity index is 749. The number of amides is 2. The number of hydrogen-bond donors (Lipinski definition) is 1. The van der Waals surface area contributed by atoms with Gasteiger partial charge in [-0.15, -0.1) is 0 Å². The molecule has 2 fully saturated rings. The van der Waals surface area contributed by atoms with Gasteiger partial charge in [-0.1, -0.05) is 25.1 Å². The monoisotopic (exact) mass is 360 g/mol. The molecule has 4 atom stereocenters. The van der Waals surface area contributed by atoms with Gasteiger partial charge in [0, 0.05) is 18.7 Å². The number of para-hydroxylation sites is 1. The maximum absolute atomic E-state index is 12.8. The second kappa shape index (κ2) is 6.72. The Hall–Kier alpha value is -2.41. The third-order valence-corrected chi connectivity index (χ3v) is 5.33. The second-order valence-electron chi connectivity index (χ2n) is 6.94. The van der Waals surface area contributed by atoms with Crippen LogP contribution in [-0.2, 0) is 19.1 Å². The smallest absolute Gasteiger partial charge is 0.326 e. The van der Waals surface area contributed by atoms with E-state index >= 15 is 0 Å². The van der Waals surface area contributed by atoms with Crippen molar-refractivity contribution in [2.24, 2.45) is 11.8 Å². The SMILES string of the molecule is CCCOc1ccccc1[C@@H]1N[C@](C)(C(=O)OC)[C@@H]2C(=O)N(C)C(=O)[C@@H]21. The summed E-state index contributed by atoms with van der Waals surface area (Å²) in [6.07, 6.45) is 0.846. The van der Waals surface area contributed by atoms with E-state index in [4.69, 9.17) is 9.47 Å². The predicted octanol–water partition coefficient (Wildman–Crippen LogP) is 1.28. The minimum Gasteiger partial charge on any atom is -0.493 e. The quantitative estimate of drug-likeness (QED) is 0.629. The zero-order chi connectivity index (χ0) is 19.1. The van der Waals surface area contributed by atoms with Crippen LogP contribution in [0, 0.1) is 11.8 Å². The summed E-state index contributed by atoms with van der Waals surface area (Å²) >= 11 is 0. The number of nitrogens with one attached hydrogen (secondary N) is 1. The fourth-order valence-electron chi connectivity index (χ4n) is 4.03. The van der Waals surface area contributed by atoms with E-state index in [0.29, 0.717) is 12.4 Å². The third kappa shape index (κ3) is 2.58. The molecule has 1 N–H and O–H groups in total. The average molecular weight is 360 g/mol. The Morgan fingerprint density at radius 3 is 2.62 bits per heavy atom. The van der Waals surface area contributed by atoms with Crippen LogP contribution in [0.5, 0.6) is 5.75 Å². The van der Waals surface area contributed by atoms with Crippen molar-refractivity contribution in [1.29, 1.82) is 0 Å². The van der Waals surface area contributed by atoms with Gasteiger partial charge in [-0.25, -0.2) is 0 Å². The lowest BCUT2D eigenvalue weighted by Gasteiger charge is -2.28. The lowest BCUT2D eigenvalue weighted by Crippen LogP contribution is -2.53. The van der Waals surface area contributed by atoms with Crippen molar-refractivity contribution in [3.8, 4) is 5.75 Å². The summed E-state index contributed by atoms with van der Waals surface area (Å²) in [6.45, 7) is 4.17. The zero-order valence-corrected chi connectivity index (χ0v) is 15.4. The van der Waals surface area contributed by atoms with Crippen LogP contribution in [0.15, 0.2) is 24.3 Å². The molecule has 7 heteroatoms. The van der Waals surface area contributed by atoms with Gasteiger partial charge >= 0.3 is 5.97 Å². The van der Waals surface area contributed by atoms with Crippen molar-refractivity contribution in [3.05, 3.63) is 29.8 Å². The highest BCUT2D eigenvalue weighted by Crippen LogP contribution is 2.50. The minimum absolute atomic E-state index is 0.296. The van der Waals surface area contributed by atoms with Crippen molar-refractivity contribution in [2.45, 2.75) is 31.8 Å². The number of ether oxygens (including phenoxy) is 2. The number of likely N-dealkylation sites (tertiary alicyclic amines) is 1. The van der Waals surface area contributed by atoms with E-state index in [-0.39, 0.29) is 11.8 Å². The molecule has 0 unspecified atom stereocenters. The highest BCUT2D eigenvalue weighted by atomic mass is 16.5. The molecule has 2 aliphatic rings. The number of methoxy groups -OCH3 is 1. The second-order valence-corrected chi connectivity index (χ2v) is 6.94. The van der Waals surface area contributed by atoms with Gasteiger partial charge < -0.3 is 9.47 Å². The largest absolute Gasteiger partial charge is 0.493 e. The number of rotatable bonds is 5. The topological polar surface area (TPSA) is 84.9 Å². The molecule has 3 rings (SSSR count). The molecular formula is C19H24N2O5. The molecule has 140 valence electrons. The number of imide groups is 1. The molecule has 1 aromatic carbocycles. The summed E-state index contributed by atoms with van der Waals surface area (Å²) in [5, 5.41) is 3.21. The number of benzene rings is 1. The van der Waals surface area contributed by atoms with Gasteiger partial charge in [-0.05, 0) is 19.4 Å². The Morgan fingerprint density at radius 2 is 1.96 bits per heavy atom. The van der Waals surface area contributed by atoms with Crippen LogP contribution in [0.3, 0.4) is 0 Å². The average Bonchev–Trinajstić information content (AvgIpc) is 3.09. The minimum atomic E-state index is -1.28. The maximum Gasteiger partial charge on any atom is 0.326 e. The molecule has 0 aliphatic carbocycles. The first-order valence-electron chi connectivity index (χ1n) is 8.76. The van der Waals surface area contributed by atoms with Crippen molar-refractivity contribution < 1.29 is 23.9 Å². The Balaban J connectivity index is 2.08. The van der Waals surface area contributed by atoms with Crippen LogP contribution in [-0.4, -0.2) is 49.0 Å². The van der Waals surface area contributed by atoms with E-state index in [1.807, 2.05) is 31.2 Å². The highest BCUT2D eigenvalue weighted by Gasteiger charge is 2.66. The number of carbonyl (C=O) groups is 3. The first kappa shape index (κ1) is 18.4. The molecule has 0 spiro atoms. The lowest BCUT2D eigenvalue weighted by molar-refractivity contribution is -0.152. The number of carbonyl (C=O) groups excluding carboxylic acids is 3. The van der Waals surface area contributed by atoms with E-state index in [9.17, 15) is 14.4 Å². The van der Waals surface area contributed by atoms with E-state index in [1.54, 1.807) is 6.92 Å². The molecule has 2 saturated heterocycles. The van der Waals surface area contributed by atoms with Gasteiger partial charge in [0.2, 0.25) is 11.8 Å². The van der Waals surface area contributed by atoms with Gasteiger partial charge in [0.25, 0.3) is 0 Å². The van der Waals surface area contributed by atoms with E-state index in [2.05, 4.69) is 5.32 Å². The molecule has 0 bridgehead atoms. The number of esters is 1. The molecule has 0 radical (unpaired) electrons. The van der Waals surface area contributed by atoms with Crippen LogP contribution in [0.1, 0.15) is 31.9 Å². The van der Waals surface area contributed by atoms with E-state index in [1.165, 1.54) is 14.2 Å². The van der Waals surface area contributed by atoms with Gasteiger partial charge in [0.05, 0.1) is 25.6 Å². The lowest BCUT2D eigenvalue weighted by atomic mass is 9.80. The molecule has 2 heterocycles. The first-order valence-corrected chi connectivity index (χ1v) is 8.76. The molecule has 1 aromatic rings. The Labute approximate surface area is 152 Å².